The highest BCUT2D eigenvalue weighted by atomic mass is 16.5. The van der Waals surface area contributed by atoms with E-state index >= 15 is 0 Å². The van der Waals surface area contributed by atoms with Gasteiger partial charge in [-0.25, -0.2) is 14.8 Å². The van der Waals surface area contributed by atoms with Gasteiger partial charge in [0.25, 0.3) is 0 Å². The molecule has 0 aromatic carbocycles. The third-order valence-electron chi connectivity index (χ3n) is 2.22. The number of Topliss-reactive ketones (excluding diaryl/α,β-unsaturated/α-hetero) is 1. The summed E-state index contributed by atoms with van der Waals surface area (Å²) in [4.78, 5) is 42.4. The summed E-state index contributed by atoms with van der Waals surface area (Å²) in [6.07, 6.45) is 2.04. The summed E-state index contributed by atoms with van der Waals surface area (Å²) in [5, 5.41) is 0. The lowest BCUT2D eigenvalue weighted by molar-refractivity contribution is -0.143. The molecule has 0 N–H and O–H groups in total. The normalized spacial score (nSPS) is 10.2. The minimum Gasteiger partial charge on any atom is -0.465 e. The fourth-order valence-electron chi connectivity index (χ4n) is 1.31. The first kappa shape index (κ1) is 15.7. The fourth-order valence-corrected chi connectivity index (χ4v) is 1.31. The summed E-state index contributed by atoms with van der Waals surface area (Å²) in [5.41, 5.74) is -0.405. The molecule has 0 spiro atoms. The van der Waals surface area contributed by atoms with Gasteiger partial charge in [-0.1, -0.05) is 13.8 Å². The van der Waals surface area contributed by atoms with E-state index in [1.807, 2.05) is 13.8 Å². The Morgan fingerprint density at radius 1 is 1.15 bits per heavy atom. The molecule has 0 saturated carbocycles. The van der Waals surface area contributed by atoms with Crippen molar-refractivity contribution in [2.45, 2.75) is 20.3 Å². The maximum atomic E-state index is 11.9. The molecule has 0 aliphatic carbocycles. The van der Waals surface area contributed by atoms with Crippen LogP contribution in [0.1, 0.15) is 41.2 Å². The molecule has 0 fully saturated rings. The number of hydrogen-bond acceptors (Lipinski definition) is 7. The molecule has 0 bridgehead atoms. The third-order valence-corrected chi connectivity index (χ3v) is 2.22. The van der Waals surface area contributed by atoms with Gasteiger partial charge in [0.15, 0.2) is 11.5 Å². The van der Waals surface area contributed by atoms with Gasteiger partial charge in [-0.2, -0.15) is 0 Å². The van der Waals surface area contributed by atoms with Crippen molar-refractivity contribution in [1.82, 2.24) is 9.97 Å². The van der Waals surface area contributed by atoms with E-state index in [9.17, 15) is 14.4 Å². The molecule has 7 nitrogen and oxygen atoms in total. The van der Waals surface area contributed by atoms with Crippen LogP contribution in [0.25, 0.3) is 0 Å². The van der Waals surface area contributed by atoms with E-state index in [4.69, 9.17) is 4.74 Å². The molecule has 1 aromatic heterocycles. The van der Waals surface area contributed by atoms with Crippen molar-refractivity contribution in [1.29, 1.82) is 0 Å². The van der Waals surface area contributed by atoms with E-state index in [0.717, 1.165) is 0 Å². The van der Waals surface area contributed by atoms with Crippen LogP contribution >= 0.6 is 0 Å². The summed E-state index contributed by atoms with van der Waals surface area (Å²) in [6.45, 7) is 4.00. The lowest BCUT2D eigenvalue weighted by Gasteiger charge is -2.07. The number of carbonyl (C=O) groups excluding carboxylic acids is 3. The maximum Gasteiger partial charge on any atom is 0.359 e. The van der Waals surface area contributed by atoms with E-state index in [-0.39, 0.29) is 23.9 Å². The van der Waals surface area contributed by atoms with Crippen LogP contribution in [0.5, 0.6) is 0 Å². The summed E-state index contributed by atoms with van der Waals surface area (Å²) < 4.78 is 9.40. The van der Waals surface area contributed by atoms with Crippen LogP contribution in [0.3, 0.4) is 0 Å². The maximum absolute atomic E-state index is 11.9. The molecule has 0 aliphatic heterocycles. The average molecular weight is 280 g/mol. The van der Waals surface area contributed by atoms with Gasteiger partial charge >= 0.3 is 11.9 Å². The Balaban J connectivity index is 2.78. The van der Waals surface area contributed by atoms with E-state index in [2.05, 4.69) is 14.7 Å². The van der Waals surface area contributed by atoms with Crippen molar-refractivity contribution in [3.05, 3.63) is 23.8 Å². The first-order chi connectivity index (χ1) is 9.45. The third kappa shape index (κ3) is 4.42. The number of ether oxygens (including phenoxy) is 2. The van der Waals surface area contributed by atoms with E-state index in [1.165, 1.54) is 19.5 Å². The van der Waals surface area contributed by atoms with E-state index < -0.39 is 24.1 Å². The summed E-state index contributed by atoms with van der Waals surface area (Å²) in [7, 11) is 1.17. The zero-order chi connectivity index (χ0) is 15.1. The molecule has 0 amide bonds. The fraction of sp³-hybridized carbons (Fsp3) is 0.462. The van der Waals surface area contributed by atoms with Crippen molar-refractivity contribution in [3.63, 3.8) is 0 Å². The summed E-state index contributed by atoms with van der Waals surface area (Å²) >= 11 is 0. The number of carbonyl (C=O) groups is 3. The molecule has 1 heterocycles. The molecule has 1 aromatic rings. The second-order valence-corrected chi connectivity index (χ2v) is 4.42. The summed E-state index contributed by atoms with van der Waals surface area (Å²) in [6, 6.07) is 0. The highest BCUT2D eigenvalue weighted by molar-refractivity contribution is 6.09. The van der Waals surface area contributed by atoms with Gasteiger partial charge in [-0.15, -0.1) is 0 Å². The van der Waals surface area contributed by atoms with Gasteiger partial charge < -0.3 is 9.47 Å². The molecule has 1 rings (SSSR count). The number of ketones is 1. The highest BCUT2D eigenvalue weighted by Crippen LogP contribution is 2.08. The molecule has 0 aliphatic rings. The lowest BCUT2D eigenvalue weighted by Crippen LogP contribution is -2.19. The van der Waals surface area contributed by atoms with Crippen LogP contribution < -0.4 is 0 Å². The number of methoxy groups -OCH3 is 1. The van der Waals surface area contributed by atoms with Crippen LogP contribution in [-0.4, -0.2) is 41.4 Å². The number of aromatic nitrogens is 2. The van der Waals surface area contributed by atoms with Crippen LogP contribution in [0.15, 0.2) is 12.4 Å². The Bertz CT molecular complexity index is 513. The Morgan fingerprint density at radius 2 is 1.75 bits per heavy atom. The van der Waals surface area contributed by atoms with Gasteiger partial charge in [0.2, 0.25) is 0 Å². The highest BCUT2D eigenvalue weighted by Gasteiger charge is 2.23. The van der Waals surface area contributed by atoms with Crippen LogP contribution in [0, 0.1) is 5.92 Å². The Kier molecular flexibility index (Phi) is 5.76. The molecule has 0 radical (unpaired) electrons. The van der Waals surface area contributed by atoms with Gasteiger partial charge in [0.1, 0.15) is 12.1 Å². The summed E-state index contributed by atoms with van der Waals surface area (Å²) in [5.74, 6) is -1.90. The number of esters is 2. The van der Waals surface area contributed by atoms with Gasteiger partial charge in [-0.05, 0) is 5.92 Å². The Morgan fingerprint density at radius 3 is 2.30 bits per heavy atom. The molecule has 0 unspecified atom stereocenters. The minimum atomic E-state index is -0.781. The van der Waals surface area contributed by atoms with Crippen molar-refractivity contribution in [2.24, 2.45) is 5.92 Å². The second-order valence-electron chi connectivity index (χ2n) is 4.42. The first-order valence-electron chi connectivity index (χ1n) is 6.03. The van der Waals surface area contributed by atoms with E-state index in [0.29, 0.717) is 0 Å². The van der Waals surface area contributed by atoms with Gasteiger partial charge in [0, 0.05) is 12.4 Å². The predicted molar refractivity (Wildman–Crippen MR) is 68.1 cm³/mol. The Hall–Kier alpha value is -2.31. The van der Waals surface area contributed by atoms with Gasteiger partial charge in [0.05, 0.1) is 13.7 Å². The number of nitrogens with zero attached hydrogens (tertiary/aromatic N) is 2. The second kappa shape index (κ2) is 7.32. The number of rotatable bonds is 6. The molecule has 0 saturated heterocycles. The predicted octanol–water partition coefficient (Wildman–Crippen LogP) is 1.04. The lowest BCUT2D eigenvalue weighted by atomic mass is 10.1. The average Bonchev–Trinajstić information content (AvgIpc) is 2.44. The zero-order valence-electron chi connectivity index (χ0n) is 11.6. The molecule has 20 heavy (non-hydrogen) atoms. The van der Waals surface area contributed by atoms with Crippen LogP contribution in [0.2, 0.25) is 0 Å². The van der Waals surface area contributed by atoms with Crippen LogP contribution in [-0.2, 0) is 14.3 Å². The monoisotopic (exact) mass is 280 g/mol. The smallest absolute Gasteiger partial charge is 0.359 e. The zero-order valence-corrected chi connectivity index (χ0v) is 11.6. The van der Waals surface area contributed by atoms with Crippen molar-refractivity contribution in [2.75, 3.05) is 13.7 Å². The van der Waals surface area contributed by atoms with Crippen molar-refractivity contribution >= 4 is 17.7 Å². The SMILES string of the molecule is COC(=O)c1nccnc1C(=O)CC(=O)OCC(C)C. The number of hydrogen-bond donors (Lipinski definition) is 0. The topological polar surface area (TPSA) is 95.5 Å². The Labute approximate surface area is 116 Å². The van der Waals surface area contributed by atoms with Gasteiger partial charge in [-0.3, -0.25) is 9.59 Å². The molecule has 7 heteroatoms. The minimum absolute atomic E-state index is 0.177. The van der Waals surface area contributed by atoms with Crippen molar-refractivity contribution in [3.8, 4) is 0 Å². The van der Waals surface area contributed by atoms with Crippen molar-refractivity contribution < 1.29 is 23.9 Å². The molecule has 0 atom stereocenters. The van der Waals surface area contributed by atoms with E-state index in [1.54, 1.807) is 0 Å². The molecular formula is C13H16N2O5. The largest absolute Gasteiger partial charge is 0.465 e. The van der Waals surface area contributed by atoms with Crippen LogP contribution in [0.4, 0.5) is 0 Å². The standard InChI is InChI=1S/C13H16N2O5/c1-8(2)7-20-10(17)6-9(16)11-12(13(18)19-3)15-5-4-14-11/h4-5,8H,6-7H2,1-3H3. The quantitative estimate of drug-likeness (QED) is 0.436. The first-order valence-corrected chi connectivity index (χ1v) is 6.03. The molecule has 108 valence electrons. The molecular weight excluding hydrogens is 264 g/mol.